The summed E-state index contributed by atoms with van der Waals surface area (Å²) < 4.78 is 12.3. The zero-order valence-corrected chi connectivity index (χ0v) is 18.9. The number of piperazine rings is 1. The number of ether oxygens (including phenoxy) is 2. The predicted molar refractivity (Wildman–Crippen MR) is 129 cm³/mol. The van der Waals surface area contributed by atoms with E-state index in [4.69, 9.17) is 15.2 Å². The van der Waals surface area contributed by atoms with Crippen LogP contribution in [0.2, 0.25) is 0 Å². The molecule has 0 atom stereocenters. The first-order valence-corrected chi connectivity index (χ1v) is 11.9. The molecule has 2 N–H and O–H groups in total. The van der Waals surface area contributed by atoms with Crippen LogP contribution in [0.4, 0.5) is 15.5 Å². The molecule has 1 aromatic heterocycles. The van der Waals surface area contributed by atoms with Gasteiger partial charge in [-0.05, 0) is 49.0 Å². The van der Waals surface area contributed by atoms with Crippen molar-refractivity contribution in [2.75, 3.05) is 55.9 Å². The zero-order chi connectivity index (χ0) is 21.9. The van der Waals surface area contributed by atoms with E-state index in [9.17, 15) is 4.79 Å². The van der Waals surface area contributed by atoms with Gasteiger partial charge in [0.1, 0.15) is 5.00 Å². The first kappa shape index (κ1) is 20.9. The van der Waals surface area contributed by atoms with Gasteiger partial charge < -0.3 is 20.1 Å². The number of nitrogens with zero attached hydrogens (tertiary/aromatic N) is 3. The number of carbonyl (C=O) groups excluding carboxylic acids is 1. The fourth-order valence-electron chi connectivity index (χ4n) is 4.41. The molecule has 2 aliphatic heterocycles. The fraction of sp³-hybridized carbons (Fsp3) is 0.375. The van der Waals surface area contributed by atoms with Crippen LogP contribution in [0.25, 0.3) is 10.1 Å². The van der Waals surface area contributed by atoms with Crippen molar-refractivity contribution in [2.45, 2.75) is 12.8 Å². The Kier molecular flexibility index (Phi) is 6.05. The number of nitrogens with two attached hydrogens (primary N) is 1. The Morgan fingerprint density at radius 2 is 1.88 bits per heavy atom. The molecule has 2 amide bonds. The van der Waals surface area contributed by atoms with Crippen molar-refractivity contribution < 1.29 is 14.3 Å². The van der Waals surface area contributed by atoms with Gasteiger partial charge >= 0.3 is 6.03 Å². The molecule has 2 aromatic carbocycles. The number of primary amides is 1. The number of unbranched alkanes of at least 4 members (excludes halogenated alkanes) is 1. The molecule has 5 rings (SSSR count). The Morgan fingerprint density at radius 1 is 1.03 bits per heavy atom. The number of thiophene rings is 1. The Bertz CT molecular complexity index is 1060. The Morgan fingerprint density at radius 3 is 2.69 bits per heavy atom. The lowest BCUT2D eigenvalue weighted by atomic mass is 10.2. The highest BCUT2D eigenvalue weighted by Gasteiger charge is 2.24. The quantitative estimate of drug-likeness (QED) is 0.546. The van der Waals surface area contributed by atoms with Gasteiger partial charge in [-0.2, -0.15) is 0 Å². The van der Waals surface area contributed by atoms with E-state index in [1.807, 2.05) is 24.3 Å². The van der Waals surface area contributed by atoms with Crippen LogP contribution in [-0.4, -0.2) is 57.0 Å². The molecule has 8 heteroatoms. The summed E-state index contributed by atoms with van der Waals surface area (Å²) in [6, 6.07) is 15.9. The predicted octanol–water partition coefficient (Wildman–Crippen LogP) is 4.12. The van der Waals surface area contributed by atoms with Crippen molar-refractivity contribution >= 4 is 38.1 Å². The average Bonchev–Trinajstić information content (AvgIpc) is 3.46. The molecular weight excluding hydrogens is 424 g/mol. The third kappa shape index (κ3) is 4.33. The average molecular weight is 453 g/mol. The lowest BCUT2D eigenvalue weighted by Crippen LogP contribution is -2.46. The number of benzene rings is 2. The highest BCUT2D eigenvalue weighted by molar-refractivity contribution is 7.23. The number of carbonyl (C=O) groups is 1. The standard InChI is InChI=1S/C24H28N4O3S/c25-24(29)28(22-16-18-6-1-2-9-21(18)32-22)11-4-3-10-26-12-14-27(15-13-26)19-7-5-8-20-23(19)31-17-30-20/h1-2,5-9,16H,3-4,10-15,17H2,(H2,25,29). The van der Waals surface area contributed by atoms with Crippen LogP contribution < -0.4 is 25.0 Å². The summed E-state index contributed by atoms with van der Waals surface area (Å²) in [6.45, 7) is 5.94. The zero-order valence-electron chi connectivity index (χ0n) is 18.0. The maximum absolute atomic E-state index is 12.0. The maximum Gasteiger partial charge on any atom is 0.319 e. The van der Waals surface area contributed by atoms with E-state index < -0.39 is 0 Å². The molecule has 32 heavy (non-hydrogen) atoms. The maximum atomic E-state index is 12.0. The van der Waals surface area contributed by atoms with Crippen molar-refractivity contribution in [2.24, 2.45) is 5.73 Å². The van der Waals surface area contributed by atoms with Crippen LogP contribution in [0.15, 0.2) is 48.5 Å². The van der Waals surface area contributed by atoms with Gasteiger partial charge in [-0.1, -0.05) is 24.3 Å². The van der Waals surface area contributed by atoms with E-state index in [0.717, 1.165) is 73.1 Å². The lowest BCUT2D eigenvalue weighted by Gasteiger charge is -2.36. The van der Waals surface area contributed by atoms with Crippen LogP contribution in [0.5, 0.6) is 11.5 Å². The molecule has 0 spiro atoms. The summed E-state index contributed by atoms with van der Waals surface area (Å²) in [5.74, 6) is 1.70. The summed E-state index contributed by atoms with van der Waals surface area (Å²) in [4.78, 5) is 18.6. The molecule has 3 aromatic rings. The van der Waals surface area contributed by atoms with Gasteiger partial charge in [0.2, 0.25) is 6.79 Å². The SMILES string of the molecule is NC(=O)N(CCCCN1CCN(c2cccc3c2OCO3)CC1)c1cc2ccccc2s1. The molecule has 7 nitrogen and oxygen atoms in total. The second kappa shape index (κ2) is 9.26. The Balaban J connectivity index is 1.10. The number of hydrogen-bond acceptors (Lipinski definition) is 6. The van der Waals surface area contributed by atoms with Crippen molar-refractivity contribution in [3.8, 4) is 11.5 Å². The molecule has 0 radical (unpaired) electrons. The minimum absolute atomic E-state index is 0.302. The minimum atomic E-state index is -0.383. The molecule has 0 unspecified atom stereocenters. The third-order valence-corrected chi connectivity index (χ3v) is 7.28. The number of fused-ring (bicyclic) bond motifs is 2. The number of urea groups is 1. The summed E-state index contributed by atoms with van der Waals surface area (Å²) in [6.07, 6.45) is 1.96. The molecular formula is C24H28N4O3S. The molecule has 0 saturated carbocycles. The largest absolute Gasteiger partial charge is 0.454 e. The van der Waals surface area contributed by atoms with E-state index in [1.165, 1.54) is 4.70 Å². The normalized spacial score (nSPS) is 15.9. The van der Waals surface area contributed by atoms with Gasteiger partial charge in [-0.3, -0.25) is 9.80 Å². The first-order valence-electron chi connectivity index (χ1n) is 11.1. The molecule has 3 heterocycles. The number of amides is 2. The van der Waals surface area contributed by atoms with Crippen molar-refractivity contribution in [1.82, 2.24) is 4.90 Å². The van der Waals surface area contributed by atoms with Crippen molar-refractivity contribution in [3.63, 3.8) is 0 Å². The van der Waals surface area contributed by atoms with E-state index in [2.05, 4.69) is 34.1 Å². The van der Waals surface area contributed by atoms with Crippen LogP contribution in [0.1, 0.15) is 12.8 Å². The topological polar surface area (TPSA) is 71.3 Å². The smallest absolute Gasteiger partial charge is 0.319 e. The third-order valence-electron chi connectivity index (χ3n) is 6.14. The van der Waals surface area contributed by atoms with Gasteiger partial charge in [0.25, 0.3) is 0 Å². The summed E-state index contributed by atoms with van der Waals surface area (Å²) in [7, 11) is 0. The fourth-order valence-corrected chi connectivity index (χ4v) is 5.51. The van der Waals surface area contributed by atoms with Gasteiger partial charge in [0.05, 0.1) is 5.69 Å². The summed E-state index contributed by atoms with van der Waals surface area (Å²) >= 11 is 1.62. The summed E-state index contributed by atoms with van der Waals surface area (Å²) in [5.41, 5.74) is 6.81. The van der Waals surface area contributed by atoms with E-state index >= 15 is 0 Å². The summed E-state index contributed by atoms with van der Waals surface area (Å²) in [5, 5.41) is 2.08. The Hall–Kier alpha value is -2.97. The number of rotatable bonds is 7. The highest BCUT2D eigenvalue weighted by atomic mass is 32.1. The van der Waals surface area contributed by atoms with Crippen LogP contribution >= 0.6 is 11.3 Å². The number of hydrogen-bond donors (Lipinski definition) is 1. The van der Waals surface area contributed by atoms with Crippen LogP contribution in [-0.2, 0) is 0 Å². The van der Waals surface area contributed by atoms with E-state index in [1.54, 1.807) is 16.2 Å². The highest BCUT2D eigenvalue weighted by Crippen LogP contribution is 2.41. The Labute approximate surface area is 191 Å². The molecule has 2 aliphatic rings. The van der Waals surface area contributed by atoms with E-state index in [-0.39, 0.29) is 6.03 Å². The van der Waals surface area contributed by atoms with Gasteiger partial charge in [0.15, 0.2) is 11.5 Å². The van der Waals surface area contributed by atoms with Gasteiger partial charge in [-0.25, -0.2) is 4.79 Å². The lowest BCUT2D eigenvalue weighted by molar-refractivity contribution is 0.174. The second-order valence-electron chi connectivity index (χ2n) is 8.16. The number of anilines is 2. The minimum Gasteiger partial charge on any atom is -0.454 e. The molecule has 168 valence electrons. The molecule has 1 saturated heterocycles. The van der Waals surface area contributed by atoms with Gasteiger partial charge in [0, 0.05) is 37.4 Å². The van der Waals surface area contributed by atoms with Crippen LogP contribution in [0.3, 0.4) is 0 Å². The first-order chi connectivity index (χ1) is 15.7. The van der Waals surface area contributed by atoms with Crippen LogP contribution in [0, 0.1) is 0 Å². The van der Waals surface area contributed by atoms with Crippen molar-refractivity contribution in [3.05, 3.63) is 48.5 Å². The van der Waals surface area contributed by atoms with Gasteiger partial charge in [-0.15, -0.1) is 11.3 Å². The monoisotopic (exact) mass is 452 g/mol. The second-order valence-corrected chi connectivity index (χ2v) is 9.22. The molecule has 1 fully saturated rings. The molecule has 0 aliphatic carbocycles. The number of para-hydroxylation sites is 1. The molecule has 0 bridgehead atoms. The van der Waals surface area contributed by atoms with Crippen molar-refractivity contribution in [1.29, 1.82) is 0 Å². The van der Waals surface area contributed by atoms with E-state index in [0.29, 0.717) is 13.3 Å².